The van der Waals surface area contributed by atoms with E-state index in [-0.39, 0.29) is 43.1 Å². The third kappa shape index (κ3) is 1.65. The van der Waals surface area contributed by atoms with Crippen molar-refractivity contribution < 1.29 is 19.2 Å². The van der Waals surface area contributed by atoms with Crippen LogP contribution in [0.25, 0.3) is 0 Å². The van der Waals surface area contributed by atoms with Gasteiger partial charge < -0.3 is 0 Å². The Morgan fingerprint density at radius 3 is 1.52 bits per heavy atom. The molecule has 4 amide bonds. The Hall–Kier alpha value is -2.24. The van der Waals surface area contributed by atoms with Crippen LogP contribution in [0, 0.1) is 23.7 Å². The second-order valence-electron chi connectivity index (χ2n) is 5.65. The lowest BCUT2D eigenvalue weighted by Gasteiger charge is -2.16. The van der Waals surface area contributed by atoms with Gasteiger partial charge in [0.2, 0.25) is 23.6 Å². The predicted molar refractivity (Wildman–Crippen MR) is 72.4 cm³/mol. The maximum Gasteiger partial charge on any atom is 0.234 e. The van der Waals surface area contributed by atoms with Crippen LogP contribution in [0.4, 0.5) is 0 Å². The van der Waals surface area contributed by atoms with Crippen molar-refractivity contribution in [3.05, 3.63) is 25.3 Å². The van der Waals surface area contributed by atoms with E-state index in [0.29, 0.717) is 0 Å². The molecule has 6 heteroatoms. The minimum absolute atomic E-state index is 0.153. The number of hydrogen-bond acceptors (Lipinski definition) is 4. The first-order chi connectivity index (χ1) is 10.0. The molecule has 21 heavy (non-hydrogen) atoms. The highest BCUT2D eigenvalue weighted by atomic mass is 16.2. The molecule has 2 aliphatic heterocycles. The quantitative estimate of drug-likeness (QED) is 0.537. The number of likely N-dealkylation sites (tertiary alicyclic amines) is 2. The molecule has 1 aliphatic carbocycles. The van der Waals surface area contributed by atoms with Gasteiger partial charge in [-0.25, -0.2) is 0 Å². The minimum atomic E-state index is -0.686. The van der Waals surface area contributed by atoms with Gasteiger partial charge in [-0.05, 0) is 6.42 Å². The van der Waals surface area contributed by atoms with Crippen LogP contribution in [-0.4, -0.2) is 46.5 Å². The van der Waals surface area contributed by atoms with E-state index in [9.17, 15) is 19.2 Å². The zero-order valence-corrected chi connectivity index (χ0v) is 11.5. The number of nitrogens with zero attached hydrogens (tertiary/aromatic N) is 2. The number of fused-ring (bicyclic) bond motifs is 3. The first-order valence-electron chi connectivity index (χ1n) is 6.95. The summed E-state index contributed by atoms with van der Waals surface area (Å²) in [6.45, 7) is 7.37. The molecule has 0 aromatic heterocycles. The molecule has 4 atom stereocenters. The van der Waals surface area contributed by atoms with Crippen LogP contribution in [0.3, 0.4) is 0 Å². The summed E-state index contributed by atoms with van der Waals surface area (Å²) >= 11 is 0. The van der Waals surface area contributed by atoms with Crippen molar-refractivity contribution in [3.8, 4) is 0 Å². The molecular formula is C15H16N2O4. The van der Waals surface area contributed by atoms with Crippen molar-refractivity contribution in [2.24, 2.45) is 23.7 Å². The molecule has 3 rings (SSSR count). The number of rotatable bonds is 4. The van der Waals surface area contributed by atoms with E-state index in [1.807, 2.05) is 0 Å². The van der Waals surface area contributed by atoms with Crippen LogP contribution in [0.2, 0.25) is 0 Å². The first-order valence-corrected chi connectivity index (χ1v) is 6.95. The zero-order chi connectivity index (χ0) is 15.3. The molecule has 0 radical (unpaired) electrons. The summed E-state index contributed by atoms with van der Waals surface area (Å²) < 4.78 is 0. The summed E-state index contributed by atoms with van der Waals surface area (Å²) in [5, 5.41) is 0. The van der Waals surface area contributed by atoms with E-state index in [1.54, 1.807) is 0 Å². The topological polar surface area (TPSA) is 74.8 Å². The smallest absolute Gasteiger partial charge is 0.234 e. The van der Waals surface area contributed by atoms with Gasteiger partial charge in [-0.15, -0.1) is 13.2 Å². The van der Waals surface area contributed by atoms with Crippen molar-refractivity contribution in [2.75, 3.05) is 13.1 Å². The number of imide groups is 2. The molecule has 0 aromatic rings. The molecular weight excluding hydrogens is 272 g/mol. The lowest BCUT2D eigenvalue weighted by molar-refractivity contribution is -0.143. The fourth-order valence-corrected chi connectivity index (χ4v) is 3.82. The molecule has 3 fully saturated rings. The van der Waals surface area contributed by atoms with Crippen molar-refractivity contribution in [1.29, 1.82) is 0 Å². The highest BCUT2D eigenvalue weighted by molar-refractivity contribution is 6.13. The number of hydrogen-bond donors (Lipinski definition) is 0. The normalized spacial score (nSPS) is 34.5. The van der Waals surface area contributed by atoms with E-state index < -0.39 is 23.7 Å². The fourth-order valence-electron chi connectivity index (χ4n) is 3.82. The first kappa shape index (κ1) is 13.7. The van der Waals surface area contributed by atoms with E-state index >= 15 is 0 Å². The van der Waals surface area contributed by atoms with Crippen molar-refractivity contribution in [3.63, 3.8) is 0 Å². The maximum absolute atomic E-state index is 12.4. The van der Waals surface area contributed by atoms with Crippen LogP contribution in [0.5, 0.6) is 0 Å². The molecule has 0 spiro atoms. The summed E-state index contributed by atoms with van der Waals surface area (Å²) in [4.78, 5) is 51.6. The third-order valence-corrected chi connectivity index (χ3v) is 4.65. The SMILES string of the molecule is C=CCN1C(=O)C2CC3C(=O)N(CC=C)C(=O)C3C2C1=O. The highest BCUT2D eigenvalue weighted by Gasteiger charge is 2.65. The summed E-state index contributed by atoms with van der Waals surface area (Å²) in [7, 11) is 0. The predicted octanol–water partition coefficient (Wildman–Crippen LogP) is -0.0355. The largest absolute Gasteiger partial charge is 0.278 e. The Morgan fingerprint density at radius 2 is 1.19 bits per heavy atom. The average molecular weight is 288 g/mol. The van der Waals surface area contributed by atoms with Gasteiger partial charge in [0.15, 0.2) is 0 Å². The van der Waals surface area contributed by atoms with E-state index in [0.717, 1.165) is 9.80 Å². The van der Waals surface area contributed by atoms with Crippen molar-refractivity contribution in [1.82, 2.24) is 9.80 Å². The molecule has 0 N–H and O–H groups in total. The minimum Gasteiger partial charge on any atom is -0.278 e. The van der Waals surface area contributed by atoms with Gasteiger partial charge in [0.1, 0.15) is 0 Å². The molecule has 1 saturated carbocycles. The summed E-state index contributed by atoms with van der Waals surface area (Å²) in [6.07, 6.45) is 3.26. The number of carbonyl (C=O) groups excluding carboxylic acids is 4. The Balaban J connectivity index is 1.92. The van der Waals surface area contributed by atoms with Gasteiger partial charge >= 0.3 is 0 Å². The van der Waals surface area contributed by atoms with Gasteiger partial charge in [-0.3, -0.25) is 29.0 Å². The van der Waals surface area contributed by atoms with Crippen LogP contribution < -0.4 is 0 Å². The van der Waals surface area contributed by atoms with Crippen LogP contribution >= 0.6 is 0 Å². The lowest BCUT2D eigenvalue weighted by Crippen LogP contribution is -2.36. The van der Waals surface area contributed by atoms with E-state index in [2.05, 4.69) is 13.2 Å². The van der Waals surface area contributed by atoms with Crippen LogP contribution in [0.15, 0.2) is 25.3 Å². The maximum atomic E-state index is 12.4. The Bertz CT molecular complexity index is 532. The second-order valence-corrected chi connectivity index (χ2v) is 5.65. The van der Waals surface area contributed by atoms with Crippen molar-refractivity contribution >= 4 is 23.6 Å². The second kappa shape index (κ2) is 4.65. The molecule has 0 aromatic carbocycles. The Kier molecular flexibility index (Phi) is 3.04. The molecule has 2 saturated heterocycles. The van der Waals surface area contributed by atoms with E-state index in [4.69, 9.17) is 0 Å². The van der Waals surface area contributed by atoms with Crippen LogP contribution in [-0.2, 0) is 19.2 Å². The van der Waals surface area contributed by atoms with Crippen molar-refractivity contribution in [2.45, 2.75) is 6.42 Å². The molecule has 6 nitrogen and oxygen atoms in total. The third-order valence-electron chi connectivity index (χ3n) is 4.65. The molecule has 110 valence electrons. The summed E-state index contributed by atoms with van der Waals surface area (Å²) in [5.74, 6) is -3.71. The molecule has 4 unspecified atom stereocenters. The Labute approximate surface area is 122 Å². The van der Waals surface area contributed by atoms with Crippen LogP contribution in [0.1, 0.15) is 6.42 Å². The van der Waals surface area contributed by atoms with Gasteiger partial charge in [-0.1, -0.05) is 12.2 Å². The van der Waals surface area contributed by atoms with Gasteiger partial charge in [0.25, 0.3) is 0 Å². The number of amides is 4. The van der Waals surface area contributed by atoms with Gasteiger partial charge in [-0.2, -0.15) is 0 Å². The lowest BCUT2D eigenvalue weighted by atomic mass is 9.89. The molecule has 2 heterocycles. The van der Waals surface area contributed by atoms with E-state index in [1.165, 1.54) is 12.2 Å². The van der Waals surface area contributed by atoms with Gasteiger partial charge in [0, 0.05) is 13.1 Å². The highest BCUT2D eigenvalue weighted by Crippen LogP contribution is 2.51. The summed E-state index contributed by atoms with van der Waals surface area (Å²) in [6, 6.07) is 0. The Morgan fingerprint density at radius 1 is 0.810 bits per heavy atom. The number of carbonyl (C=O) groups is 4. The molecule has 0 bridgehead atoms. The molecule has 3 aliphatic rings. The fraction of sp³-hybridized carbons (Fsp3) is 0.467. The van der Waals surface area contributed by atoms with Gasteiger partial charge in [0.05, 0.1) is 23.7 Å². The average Bonchev–Trinajstić information content (AvgIpc) is 3.03. The summed E-state index contributed by atoms with van der Waals surface area (Å²) in [5.41, 5.74) is 0. The monoisotopic (exact) mass is 288 g/mol. The zero-order valence-electron chi connectivity index (χ0n) is 11.5. The standard InChI is InChI=1S/C15H16N2O4/c1-3-5-16-12(18)8-7-9-11(10(8)14(16)20)15(21)17(6-4-2)13(9)19/h3-4,8-11H,1-2,5-7H2.